The van der Waals surface area contributed by atoms with Gasteiger partial charge in [0.05, 0.1) is 58.5 Å². The zero-order valence-corrected chi connectivity index (χ0v) is 84.7. The minimum atomic E-state index is -4.82. The van der Waals surface area contributed by atoms with Crippen molar-refractivity contribution in [1.82, 2.24) is 0 Å². The van der Waals surface area contributed by atoms with E-state index in [4.69, 9.17) is 18.9 Å². The van der Waals surface area contributed by atoms with Crippen molar-refractivity contribution in [1.29, 1.82) is 0 Å². The van der Waals surface area contributed by atoms with Crippen molar-refractivity contribution in [3.63, 3.8) is 0 Å². The molecule has 0 aliphatic carbocycles. The van der Waals surface area contributed by atoms with Gasteiger partial charge in [0.1, 0.15) is 20.2 Å². The van der Waals surface area contributed by atoms with Crippen LogP contribution in [-0.4, -0.2) is 114 Å². The molecule has 0 saturated carbocycles. The first kappa shape index (κ1) is 121. The Morgan fingerprint density at radius 1 is 0.216 bits per heavy atom. The quantitative estimate of drug-likeness (QED) is 0.0150. The molecule has 0 unspecified atom stereocenters. The maximum Gasteiger partial charge on any atom is 2.00 e. The van der Waals surface area contributed by atoms with Crippen LogP contribution in [0.1, 0.15) is 557 Å². The van der Waals surface area contributed by atoms with Crippen LogP contribution in [0.5, 0.6) is 0 Å². The Bertz CT molecular complexity index is 2950. The number of carbonyl (C=O) groups excluding carboxylic acids is 4. The molecule has 0 aromatic heterocycles. The maximum atomic E-state index is 13.0. The van der Waals surface area contributed by atoms with E-state index in [0.717, 1.165) is 88.5 Å². The van der Waals surface area contributed by atoms with Gasteiger partial charge in [-0.15, -0.1) is 0 Å². The SMILES string of the molecule is C/C=C/CCCCCCCCCCCCCCCCCCCCOC(=O)c1ccc(S(=O)(=O)[O-])cc1C(=O)OCCCCCCCCCCCCCCCCCCCC/C=C/C.C/C=C/CCCCCCCCCCCCCCCCCCCCOC(=O)c1ccc(S(=O)(=O)[O-])cc1C(=O)OCCCCCCCCCCCCCCCCCCCC/C=C/C.[Ca+2]. The van der Waals surface area contributed by atoms with Gasteiger partial charge in [0.2, 0.25) is 0 Å². The third-order valence-electron chi connectivity index (χ3n) is 24.4. The van der Waals surface area contributed by atoms with E-state index in [2.05, 4.69) is 76.3 Å². The zero-order valence-electron chi connectivity index (χ0n) is 80.9. The fourth-order valence-corrected chi connectivity index (χ4v) is 17.5. The molecule has 0 atom stereocenters. The Balaban J connectivity index is 0.00000244. The molecule has 0 radical (unpaired) electrons. The van der Waals surface area contributed by atoms with Crippen LogP contribution in [0, 0.1) is 0 Å². The molecule has 0 bridgehead atoms. The molecule has 0 spiro atoms. The van der Waals surface area contributed by atoms with E-state index in [1.165, 1.54) is 410 Å². The molecule has 17 heteroatoms. The molecule has 14 nitrogen and oxygen atoms in total. The van der Waals surface area contributed by atoms with Gasteiger partial charge in [-0.2, -0.15) is 0 Å². The second kappa shape index (κ2) is 92.2. The summed E-state index contributed by atoms with van der Waals surface area (Å²) in [5, 5.41) is 0. The second-order valence-corrected chi connectivity index (χ2v) is 38.5. The monoisotopic (exact) mass is 1810 g/mol. The van der Waals surface area contributed by atoms with Crippen molar-refractivity contribution >= 4 is 81.9 Å². The minimum absolute atomic E-state index is 0. The molecule has 0 heterocycles. The molecular weight excluding hydrogens is 1630 g/mol. The number of ether oxygens (including phenoxy) is 4. The van der Waals surface area contributed by atoms with Gasteiger partial charge in [-0.25, -0.2) is 36.0 Å². The van der Waals surface area contributed by atoms with E-state index in [9.17, 15) is 45.1 Å². The molecule has 2 aromatic rings. The van der Waals surface area contributed by atoms with E-state index < -0.39 is 53.9 Å². The van der Waals surface area contributed by atoms with Crippen molar-refractivity contribution in [2.45, 2.75) is 525 Å². The van der Waals surface area contributed by atoms with Crippen molar-refractivity contribution in [2.75, 3.05) is 26.4 Å². The first-order valence-corrected chi connectivity index (χ1v) is 54.8. The molecule has 0 aliphatic rings. The van der Waals surface area contributed by atoms with E-state index in [-0.39, 0.29) is 86.4 Å². The number of hydrogen-bond acceptors (Lipinski definition) is 14. The third-order valence-corrected chi connectivity index (χ3v) is 26.0. The predicted molar refractivity (Wildman–Crippen MR) is 526 cm³/mol. The Morgan fingerprint density at radius 3 is 0.480 bits per heavy atom. The fourth-order valence-electron chi connectivity index (χ4n) is 16.5. The summed E-state index contributed by atoms with van der Waals surface area (Å²) in [6.07, 6.45) is 114. The predicted octanol–water partition coefficient (Wildman–Crippen LogP) is 33.4. The van der Waals surface area contributed by atoms with E-state index in [1.54, 1.807) is 0 Å². The van der Waals surface area contributed by atoms with Crippen LogP contribution in [0.4, 0.5) is 0 Å². The van der Waals surface area contributed by atoms with E-state index in [0.29, 0.717) is 25.7 Å². The molecule has 0 aliphatic heterocycles. The van der Waals surface area contributed by atoms with Gasteiger partial charge in [-0.1, -0.05) is 460 Å². The molecule has 0 fully saturated rings. The van der Waals surface area contributed by atoms with Crippen molar-refractivity contribution in [3.05, 3.63) is 107 Å². The van der Waals surface area contributed by atoms with Crippen LogP contribution in [0.2, 0.25) is 0 Å². The van der Waals surface area contributed by atoms with Gasteiger partial charge >= 0.3 is 61.6 Å². The Kier molecular flexibility index (Phi) is 89.5. The van der Waals surface area contributed by atoms with Crippen LogP contribution in [0.25, 0.3) is 0 Å². The first-order valence-electron chi connectivity index (χ1n) is 51.9. The molecule has 0 N–H and O–H groups in total. The molecule has 125 heavy (non-hydrogen) atoms. The third kappa shape index (κ3) is 78.7. The largest absolute Gasteiger partial charge is 2.00 e. The number of carbonyl (C=O) groups is 4. The van der Waals surface area contributed by atoms with Crippen LogP contribution in [-0.2, 0) is 39.2 Å². The molecule has 2 rings (SSSR count). The van der Waals surface area contributed by atoms with Crippen LogP contribution in [0.15, 0.2) is 94.8 Å². The van der Waals surface area contributed by atoms with Gasteiger partial charge in [-0.3, -0.25) is 0 Å². The summed E-state index contributed by atoms with van der Waals surface area (Å²) in [5.74, 6) is -3.07. The van der Waals surface area contributed by atoms with Gasteiger partial charge in [0.25, 0.3) is 0 Å². The summed E-state index contributed by atoms with van der Waals surface area (Å²) in [6.45, 7) is 9.14. The van der Waals surface area contributed by atoms with E-state index >= 15 is 0 Å². The second-order valence-electron chi connectivity index (χ2n) is 35.8. The van der Waals surface area contributed by atoms with Gasteiger partial charge in [-0.05, 0) is 141 Å². The number of esters is 4. The number of hydrogen-bond donors (Lipinski definition) is 0. The average Bonchev–Trinajstić information content (AvgIpc) is 0.812. The Morgan fingerprint density at radius 2 is 0.344 bits per heavy atom. The molecular formula is C108H186CaO14S2. The summed E-state index contributed by atoms with van der Waals surface area (Å²) in [7, 11) is -9.64. The number of rotatable bonds is 90. The number of allylic oxidation sites excluding steroid dienone is 8. The number of unbranched alkanes of at least 4 members (excludes halogenated alkanes) is 72. The van der Waals surface area contributed by atoms with Crippen LogP contribution >= 0.6 is 0 Å². The van der Waals surface area contributed by atoms with Crippen molar-refractivity contribution in [3.8, 4) is 0 Å². The fraction of sp³-hybridized carbons (Fsp3) is 0.778. The topological polar surface area (TPSA) is 220 Å². The first-order chi connectivity index (χ1) is 60.6. The summed E-state index contributed by atoms with van der Waals surface area (Å²) in [5.41, 5.74) is -0.654. The Hall–Kier alpha value is -3.64. The normalized spacial score (nSPS) is 11.8. The maximum absolute atomic E-state index is 13.0. The van der Waals surface area contributed by atoms with Crippen molar-refractivity contribution < 1.29 is 64.1 Å². The molecule has 2 aromatic carbocycles. The molecule has 716 valence electrons. The standard InChI is InChI=1S/2C54H94O7S.Ca/c2*1-3-5-7-9-11-13-15-17-19-21-23-25-27-29-31-33-35-37-39-41-43-47-60-53(55)51-46-45-50(62(57,58)59)49-52(51)54(56)61-48-44-42-40-38-36-34-32-30-28-26-24-22-20-18-16-14-12-10-8-6-4-2;/h2*3-6,45-46,49H,7-44,47-48H2,1-2H3,(H,57,58,59);/q;;+2/p-2/b2*5-3+,6-4+;. The Labute approximate surface area is 798 Å². The zero-order chi connectivity index (χ0) is 90.1. The van der Waals surface area contributed by atoms with Gasteiger partial charge in [0.15, 0.2) is 0 Å². The van der Waals surface area contributed by atoms with Crippen LogP contribution < -0.4 is 0 Å². The number of benzene rings is 2. The molecule has 0 saturated heterocycles. The smallest absolute Gasteiger partial charge is 0.744 e. The van der Waals surface area contributed by atoms with Crippen LogP contribution in [0.3, 0.4) is 0 Å². The summed E-state index contributed by atoms with van der Waals surface area (Å²) >= 11 is 0. The summed E-state index contributed by atoms with van der Waals surface area (Å²) in [4.78, 5) is 50.8. The van der Waals surface area contributed by atoms with E-state index in [1.807, 2.05) is 0 Å². The van der Waals surface area contributed by atoms with Gasteiger partial charge in [0, 0.05) is 0 Å². The van der Waals surface area contributed by atoms with Crippen molar-refractivity contribution in [2.24, 2.45) is 0 Å². The summed E-state index contributed by atoms with van der Waals surface area (Å²) < 4.78 is 92.0. The molecule has 0 amide bonds. The average molecular weight is 1810 g/mol. The minimum Gasteiger partial charge on any atom is -0.744 e. The summed E-state index contributed by atoms with van der Waals surface area (Å²) in [6, 6.07) is 6.33. The van der Waals surface area contributed by atoms with Gasteiger partial charge < -0.3 is 28.1 Å².